The lowest BCUT2D eigenvalue weighted by atomic mass is 10.1. The number of ether oxygens (including phenoxy) is 3. The van der Waals surface area contributed by atoms with Crippen LogP contribution >= 0.6 is 11.6 Å². The number of hydrogen-bond donors (Lipinski definition) is 0. The average Bonchev–Trinajstić information content (AvgIpc) is 3.40. The predicted molar refractivity (Wildman–Crippen MR) is 148 cm³/mol. The van der Waals surface area contributed by atoms with Crippen LogP contribution in [0.4, 0.5) is 5.69 Å². The number of anilines is 1. The first-order valence-corrected chi connectivity index (χ1v) is 14.4. The fourth-order valence-corrected chi connectivity index (χ4v) is 6.30. The van der Waals surface area contributed by atoms with Crippen molar-refractivity contribution < 1.29 is 27.4 Å². The molecular weight excluding hydrogens is 542 g/mol. The molecule has 1 saturated heterocycles. The number of aryl methyl sites for hydroxylation is 1. The molecule has 1 amide bonds. The summed E-state index contributed by atoms with van der Waals surface area (Å²) in [5.41, 5.74) is 2.32. The van der Waals surface area contributed by atoms with Crippen molar-refractivity contribution in [1.29, 1.82) is 0 Å². The van der Waals surface area contributed by atoms with Crippen molar-refractivity contribution in [3.63, 3.8) is 0 Å². The van der Waals surface area contributed by atoms with Gasteiger partial charge >= 0.3 is 0 Å². The van der Waals surface area contributed by atoms with Crippen LogP contribution in [0.5, 0.6) is 17.2 Å². The second kappa shape index (κ2) is 11.3. The van der Waals surface area contributed by atoms with Gasteiger partial charge in [-0.1, -0.05) is 35.4 Å². The molecule has 0 aromatic heterocycles. The maximum Gasteiger partial charge on any atom is 0.264 e. The molecule has 0 radical (unpaired) electrons. The first kappa shape index (κ1) is 27.1. The fourth-order valence-electron chi connectivity index (χ4n) is 4.64. The number of amides is 1. The molecule has 2 aliphatic heterocycles. The highest BCUT2D eigenvalue weighted by Gasteiger charge is 2.31. The lowest BCUT2D eigenvalue weighted by Crippen LogP contribution is -2.51. The molecule has 5 rings (SSSR count). The minimum Gasteiger partial charge on any atom is -0.495 e. The van der Waals surface area contributed by atoms with E-state index in [1.165, 1.54) is 13.2 Å². The number of nitrogens with zero attached hydrogens (tertiary/aromatic N) is 3. The van der Waals surface area contributed by atoms with Gasteiger partial charge in [0, 0.05) is 32.7 Å². The number of piperazine rings is 1. The number of rotatable bonds is 8. The second-order valence-corrected chi connectivity index (χ2v) is 11.8. The standard InChI is InChI=1S/C28H30ClN3O6S/c1-20-3-7-23(8-4-20)39(34,35)32(22-6-10-25(36-2)24(29)16-22)18-28(33)31-13-11-30(12-14-31)17-21-5-9-26-27(15-21)38-19-37-26/h3-10,15-16H,11-14,17-19H2,1-2H3. The van der Waals surface area contributed by atoms with Crippen LogP contribution in [-0.2, 0) is 21.4 Å². The van der Waals surface area contributed by atoms with Crippen LogP contribution in [0.25, 0.3) is 0 Å². The molecule has 206 valence electrons. The number of carbonyl (C=O) groups is 1. The Labute approximate surface area is 233 Å². The van der Waals surface area contributed by atoms with E-state index in [9.17, 15) is 13.2 Å². The van der Waals surface area contributed by atoms with Gasteiger partial charge in [-0.05, 0) is 55.0 Å². The number of fused-ring (bicyclic) bond motifs is 1. The van der Waals surface area contributed by atoms with E-state index in [0.29, 0.717) is 31.9 Å². The summed E-state index contributed by atoms with van der Waals surface area (Å²) < 4.78 is 44.6. The zero-order valence-corrected chi connectivity index (χ0v) is 23.4. The average molecular weight is 572 g/mol. The molecule has 0 bridgehead atoms. The third-order valence-corrected chi connectivity index (χ3v) is 8.96. The third kappa shape index (κ3) is 5.93. The Morgan fingerprint density at radius 3 is 2.38 bits per heavy atom. The molecule has 11 heteroatoms. The molecule has 39 heavy (non-hydrogen) atoms. The van der Waals surface area contributed by atoms with Gasteiger partial charge in [-0.2, -0.15) is 0 Å². The Bertz CT molecular complexity index is 1460. The molecule has 1 fully saturated rings. The van der Waals surface area contributed by atoms with Crippen LogP contribution in [0.1, 0.15) is 11.1 Å². The van der Waals surface area contributed by atoms with E-state index < -0.39 is 10.0 Å². The van der Waals surface area contributed by atoms with E-state index in [0.717, 1.165) is 33.5 Å². The number of carbonyl (C=O) groups excluding carboxylic acids is 1. The van der Waals surface area contributed by atoms with Crippen LogP contribution in [-0.4, -0.2) is 70.8 Å². The Morgan fingerprint density at radius 1 is 0.974 bits per heavy atom. The minimum atomic E-state index is -4.04. The molecule has 2 aliphatic rings. The third-order valence-electron chi connectivity index (χ3n) is 6.88. The van der Waals surface area contributed by atoms with Gasteiger partial charge < -0.3 is 19.1 Å². The quantitative estimate of drug-likeness (QED) is 0.405. The van der Waals surface area contributed by atoms with Gasteiger partial charge in [-0.15, -0.1) is 0 Å². The smallest absolute Gasteiger partial charge is 0.264 e. The SMILES string of the molecule is COc1ccc(N(CC(=O)N2CCN(Cc3ccc4c(c3)OCO4)CC2)S(=O)(=O)c2ccc(C)cc2)cc1Cl. The van der Waals surface area contributed by atoms with Crippen LogP contribution in [0.2, 0.25) is 5.02 Å². The largest absolute Gasteiger partial charge is 0.495 e. The Kier molecular flexibility index (Phi) is 7.88. The van der Waals surface area contributed by atoms with E-state index >= 15 is 0 Å². The second-order valence-electron chi connectivity index (χ2n) is 9.49. The van der Waals surface area contributed by atoms with Gasteiger partial charge in [-0.3, -0.25) is 14.0 Å². The van der Waals surface area contributed by atoms with Gasteiger partial charge in [0.2, 0.25) is 12.7 Å². The summed E-state index contributed by atoms with van der Waals surface area (Å²) in [6.45, 7) is 4.80. The summed E-state index contributed by atoms with van der Waals surface area (Å²) in [6.07, 6.45) is 0. The van der Waals surface area contributed by atoms with Crippen molar-refractivity contribution in [3.05, 3.63) is 76.8 Å². The number of sulfonamides is 1. The van der Waals surface area contributed by atoms with Crippen LogP contribution in [0, 0.1) is 6.92 Å². The predicted octanol–water partition coefficient (Wildman–Crippen LogP) is 3.93. The van der Waals surface area contributed by atoms with Crippen molar-refractivity contribution >= 4 is 33.2 Å². The monoisotopic (exact) mass is 571 g/mol. The van der Waals surface area contributed by atoms with Gasteiger partial charge in [-0.25, -0.2) is 8.42 Å². The minimum absolute atomic E-state index is 0.0985. The lowest BCUT2D eigenvalue weighted by molar-refractivity contribution is -0.131. The number of benzene rings is 3. The number of halogens is 1. The Balaban J connectivity index is 1.30. The summed E-state index contributed by atoms with van der Waals surface area (Å²) in [5.74, 6) is 1.63. The van der Waals surface area contributed by atoms with Crippen molar-refractivity contribution in [3.8, 4) is 17.2 Å². The van der Waals surface area contributed by atoms with E-state index in [2.05, 4.69) is 4.90 Å². The van der Waals surface area contributed by atoms with Crippen LogP contribution in [0.15, 0.2) is 65.6 Å². The molecule has 3 aromatic rings. The highest BCUT2D eigenvalue weighted by molar-refractivity contribution is 7.92. The summed E-state index contributed by atoms with van der Waals surface area (Å²) in [5, 5.41) is 0.253. The topological polar surface area (TPSA) is 88.6 Å². The van der Waals surface area contributed by atoms with E-state index in [1.807, 2.05) is 25.1 Å². The summed E-state index contributed by atoms with van der Waals surface area (Å²) in [4.78, 5) is 17.5. The maximum absolute atomic E-state index is 13.7. The summed E-state index contributed by atoms with van der Waals surface area (Å²) in [6, 6.07) is 17.1. The molecule has 2 heterocycles. The van der Waals surface area contributed by atoms with Gasteiger partial charge in [0.25, 0.3) is 10.0 Å². The molecule has 0 N–H and O–H groups in total. The Hall–Kier alpha value is -3.47. The van der Waals surface area contributed by atoms with Gasteiger partial charge in [0.05, 0.1) is 22.7 Å². The highest BCUT2D eigenvalue weighted by Crippen LogP contribution is 2.34. The highest BCUT2D eigenvalue weighted by atomic mass is 35.5. The van der Waals surface area contributed by atoms with Crippen molar-refractivity contribution in [2.45, 2.75) is 18.4 Å². The molecule has 9 nitrogen and oxygen atoms in total. The number of hydrogen-bond acceptors (Lipinski definition) is 7. The number of methoxy groups -OCH3 is 1. The van der Waals surface area contributed by atoms with Gasteiger partial charge in [0.1, 0.15) is 12.3 Å². The molecule has 0 saturated carbocycles. The van der Waals surface area contributed by atoms with Crippen molar-refractivity contribution in [2.24, 2.45) is 0 Å². The molecule has 0 atom stereocenters. The molecule has 0 spiro atoms. The van der Waals surface area contributed by atoms with Crippen molar-refractivity contribution in [1.82, 2.24) is 9.80 Å². The first-order valence-electron chi connectivity index (χ1n) is 12.6. The fraction of sp³-hybridized carbons (Fsp3) is 0.321. The summed E-state index contributed by atoms with van der Waals surface area (Å²) >= 11 is 6.33. The normalized spacial score (nSPS) is 15.3. The zero-order valence-electron chi connectivity index (χ0n) is 21.8. The van der Waals surface area contributed by atoms with E-state index in [-0.39, 0.29) is 34.9 Å². The maximum atomic E-state index is 13.7. The van der Waals surface area contributed by atoms with Gasteiger partial charge in [0.15, 0.2) is 11.5 Å². The van der Waals surface area contributed by atoms with Crippen LogP contribution < -0.4 is 18.5 Å². The van der Waals surface area contributed by atoms with Crippen molar-refractivity contribution in [2.75, 3.05) is 50.9 Å². The molecule has 0 aliphatic carbocycles. The van der Waals surface area contributed by atoms with Crippen LogP contribution in [0.3, 0.4) is 0 Å². The Morgan fingerprint density at radius 2 is 1.69 bits per heavy atom. The molecule has 3 aromatic carbocycles. The molecular formula is C28H30ClN3O6S. The van der Waals surface area contributed by atoms with E-state index in [4.69, 9.17) is 25.8 Å². The lowest BCUT2D eigenvalue weighted by Gasteiger charge is -2.36. The van der Waals surface area contributed by atoms with E-state index in [1.54, 1.807) is 41.3 Å². The molecule has 0 unspecified atom stereocenters. The first-order chi connectivity index (χ1) is 18.7. The summed E-state index contributed by atoms with van der Waals surface area (Å²) in [7, 11) is -2.56. The zero-order chi connectivity index (χ0) is 27.6.